The molecule has 68 heavy (non-hydrogen) atoms. The molecule has 14 heteroatoms. The maximum Gasteiger partial charge on any atom is 0.262 e. The van der Waals surface area contributed by atoms with Crippen LogP contribution in [0.15, 0.2) is 72.9 Å². The van der Waals surface area contributed by atoms with Crippen molar-refractivity contribution in [1.82, 2.24) is 30.1 Å². The summed E-state index contributed by atoms with van der Waals surface area (Å²) in [4.78, 5) is 53.8. The number of hydrogen-bond acceptors (Lipinski definition) is 11. The summed E-state index contributed by atoms with van der Waals surface area (Å²) in [6, 6.07) is 21.6. The quantitative estimate of drug-likeness (QED) is 0.0615. The topological polar surface area (TPSA) is 168 Å². The standard InChI is InChI=1S/C54H63N7O7/c1-33-18-34(2)21-38(20-33)31-67-48-24-40-14-17-60-37(5)27-54(66,29-47(60)44(40)26-49(48)68-32-39-22-35(3)19-36(4)23-39)28-42-30-59(58-57-42)16-9-7-6-8-15-55-41-10-11-43-45(25-41)53(65)61(52(43)64)46-12-13-50(62)56-51(46)63/h10-11,18-26,30,37,46-47,55,66H,6-9,12-17,27-29,31-32H2,1-5H3,(H,56,62,63). The van der Waals surface area contributed by atoms with Crippen LogP contribution in [0.1, 0.15) is 135 Å². The minimum Gasteiger partial charge on any atom is -0.485 e. The van der Waals surface area contributed by atoms with Gasteiger partial charge in [-0.05, 0) is 126 Å². The van der Waals surface area contributed by atoms with Gasteiger partial charge in [0, 0.05) is 56.4 Å². The summed E-state index contributed by atoms with van der Waals surface area (Å²) < 4.78 is 15.1. The Bertz CT molecular complexity index is 2710. The van der Waals surface area contributed by atoms with Crippen LogP contribution >= 0.6 is 0 Å². The molecule has 356 valence electrons. The SMILES string of the molecule is Cc1cc(C)cc(COc2cc3c(cc2OCc2cc(C)cc(C)c2)C2CC(O)(Cc4cn(CCCCCCNc5ccc6c(c5)C(=O)N(C5CCC(=O)NC5=O)C6=O)nn4)CC(C)N2CC3)c1. The minimum absolute atomic E-state index is 0.0128. The molecule has 14 nitrogen and oxygen atoms in total. The van der Waals surface area contributed by atoms with Gasteiger partial charge in [0.1, 0.15) is 19.3 Å². The zero-order valence-corrected chi connectivity index (χ0v) is 39.9. The van der Waals surface area contributed by atoms with Crippen LogP contribution in [0.4, 0.5) is 5.69 Å². The third-order valence-electron chi connectivity index (χ3n) is 13.9. The number of piperidine rings is 2. The first kappa shape index (κ1) is 46.7. The van der Waals surface area contributed by atoms with Crippen molar-refractivity contribution >= 4 is 29.3 Å². The van der Waals surface area contributed by atoms with E-state index in [9.17, 15) is 24.3 Å². The largest absolute Gasteiger partial charge is 0.485 e. The molecule has 5 aromatic rings. The average molecular weight is 922 g/mol. The van der Waals surface area contributed by atoms with E-state index in [1.165, 1.54) is 33.4 Å². The van der Waals surface area contributed by atoms with Crippen molar-refractivity contribution in [3.8, 4) is 11.5 Å². The van der Waals surface area contributed by atoms with Crippen LogP contribution in [0.2, 0.25) is 0 Å². The molecule has 4 amide bonds. The summed E-state index contributed by atoms with van der Waals surface area (Å²) in [5.74, 6) is -0.594. The summed E-state index contributed by atoms with van der Waals surface area (Å²) in [7, 11) is 0. The minimum atomic E-state index is -0.986. The molecule has 4 unspecified atom stereocenters. The lowest BCUT2D eigenvalue weighted by Gasteiger charge is -2.50. The fourth-order valence-corrected chi connectivity index (χ4v) is 11.0. The number of anilines is 1. The van der Waals surface area contributed by atoms with Gasteiger partial charge in [0.15, 0.2) is 11.5 Å². The van der Waals surface area contributed by atoms with E-state index >= 15 is 0 Å². The maximum absolute atomic E-state index is 13.2. The van der Waals surface area contributed by atoms with Crippen molar-refractivity contribution in [3.05, 3.63) is 134 Å². The first-order chi connectivity index (χ1) is 32.7. The maximum atomic E-state index is 13.2. The lowest BCUT2D eigenvalue weighted by atomic mass is 9.75. The summed E-state index contributed by atoms with van der Waals surface area (Å²) in [5, 5.41) is 26.9. The summed E-state index contributed by atoms with van der Waals surface area (Å²) in [6.07, 6.45) is 8.52. The van der Waals surface area contributed by atoms with Crippen molar-refractivity contribution in [3.63, 3.8) is 0 Å². The Morgan fingerprint density at radius 2 is 1.43 bits per heavy atom. The number of benzene rings is 4. The van der Waals surface area contributed by atoms with Crippen LogP contribution in [0.25, 0.3) is 0 Å². The zero-order chi connectivity index (χ0) is 47.7. The van der Waals surface area contributed by atoms with Gasteiger partial charge in [-0.2, -0.15) is 0 Å². The van der Waals surface area contributed by atoms with Crippen LogP contribution in [-0.4, -0.2) is 84.3 Å². The third-order valence-corrected chi connectivity index (χ3v) is 13.9. The van der Waals surface area contributed by atoms with Gasteiger partial charge in [0.2, 0.25) is 11.8 Å². The molecule has 4 atom stereocenters. The van der Waals surface area contributed by atoms with Gasteiger partial charge < -0.3 is 19.9 Å². The first-order valence-electron chi connectivity index (χ1n) is 24.2. The van der Waals surface area contributed by atoms with E-state index in [2.05, 4.69) is 109 Å². The van der Waals surface area contributed by atoms with Gasteiger partial charge in [-0.1, -0.05) is 76.7 Å². The second kappa shape index (κ2) is 19.7. The first-order valence-corrected chi connectivity index (χ1v) is 24.2. The van der Waals surface area contributed by atoms with Crippen LogP contribution in [0.3, 0.4) is 0 Å². The molecule has 0 aliphatic carbocycles. The molecule has 0 bridgehead atoms. The van der Waals surface area contributed by atoms with Crippen LogP contribution in [0, 0.1) is 27.7 Å². The number of imide groups is 2. The normalized spacial score (nSPS) is 21.3. The second-order valence-corrected chi connectivity index (χ2v) is 19.8. The predicted molar refractivity (Wildman–Crippen MR) is 258 cm³/mol. The number of nitrogens with zero attached hydrogens (tertiary/aromatic N) is 5. The number of fused-ring (bicyclic) bond motifs is 4. The zero-order valence-electron chi connectivity index (χ0n) is 39.9. The molecular weight excluding hydrogens is 859 g/mol. The molecule has 1 aromatic heterocycles. The molecule has 4 aromatic carbocycles. The molecule has 2 fully saturated rings. The summed E-state index contributed by atoms with van der Waals surface area (Å²) >= 11 is 0. The number of carbonyl (C=O) groups excluding carboxylic acids is 4. The lowest BCUT2D eigenvalue weighted by molar-refractivity contribution is -0.136. The Morgan fingerprint density at radius 3 is 2.12 bits per heavy atom. The summed E-state index contributed by atoms with van der Waals surface area (Å²) in [6.45, 7) is 13.8. The number of aliphatic hydroxyl groups is 1. The van der Waals surface area contributed by atoms with E-state index in [-0.39, 0.29) is 36.1 Å². The number of nitrogens with one attached hydrogen (secondary N) is 2. The number of hydrogen-bond donors (Lipinski definition) is 3. The van der Waals surface area contributed by atoms with Gasteiger partial charge in [-0.15, -0.1) is 5.10 Å². The Kier molecular flexibility index (Phi) is 13.5. The highest BCUT2D eigenvalue weighted by molar-refractivity contribution is 6.23. The highest BCUT2D eigenvalue weighted by atomic mass is 16.5. The number of amides is 4. The Balaban J connectivity index is 0.785. The molecule has 4 aliphatic rings. The molecule has 9 rings (SSSR count). The number of unbranched alkanes of at least 4 members (excludes halogenated alkanes) is 3. The molecule has 3 N–H and O–H groups in total. The van der Waals surface area contributed by atoms with Gasteiger partial charge in [0.25, 0.3) is 11.8 Å². The third kappa shape index (κ3) is 10.4. The van der Waals surface area contributed by atoms with E-state index in [1.807, 2.05) is 10.9 Å². The van der Waals surface area contributed by atoms with Crippen LogP contribution in [-0.2, 0) is 42.2 Å². The Morgan fingerprint density at radius 1 is 0.765 bits per heavy atom. The monoisotopic (exact) mass is 921 g/mol. The molecule has 5 heterocycles. The van der Waals surface area contributed by atoms with Crippen molar-refractivity contribution in [2.45, 2.75) is 142 Å². The van der Waals surface area contributed by atoms with Crippen LogP contribution < -0.4 is 20.1 Å². The van der Waals surface area contributed by atoms with E-state index < -0.39 is 35.3 Å². The summed E-state index contributed by atoms with van der Waals surface area (Å²) in [5.41, 5.74) is 10.6. The smallest absolute Gasteiger partial charge is 0.262 e. The van der Waals surface area contributed by atoms with E-state index in [1.54, 1.807) is 18.2 Å². The number of rotatable bonds is 17. The van der Waals surface area contributed by atoms with Crippen LogP contribution in [0.5, 0.6) is 11.5 Å². The molecular formula is C54H63N7O7. The fourth-order valence-electron chi connectivity index (χ4n) is 11.0. The van der Waals surface area contributed by atoms with Crippen molar-refractivity contribution in [2.75, 3.05) is 18.4 Å². The number of carbonyl (C=O) groups is 4. The Hall–Kier alpha value is -6.38. The molecule has 2 saturated heterocycles. The lowest BCUT2D eigenvalue weighted by Crippen LogP contribution is -2.54. The highest BCUT2D eigenvalue weighted by Crippen LogP contribution is 2.47. The van der Waals surface area contributed by atoms with Gasteiger partial charge >= 0.3 is 0 Å². The molecule has 4 aliphatic heterocycles. The van der Waals surface area contributed by atoms with Gasteiger partial charge in [-0.25, -0.2) is 0 Å². The second-order valence-electron chi connectivity index (χ2n) is 19.8. The fraction of sp³-hybridized carbons (Fsp3) is 0.444. The predicted octanol–water partition coefficient (Wildman–Crippen LogP) is 7.80. The number of aryl methyl sites for hydroxylation is 5. The van der Waals surface area contributed by atoms with Gasteiger partial charge in [-0.3, -0.25) is 39.0 Å². The number of ether oxygens (including phenoxy) is 2. The Labute approximate surface area is 398 Å². The van der Waals surface area contributed by atoms with E-state index in [0.717, 1.165) is 78.4 Å². The number of aromatic nitrogens is 3. The molecule has 0 spiro atoms. The van der Waals surface area contributed by atoms with Crippen molar-refractivity contribution in [2.24, 2.45) is 0 Å². The van der Waals surface area contributed by atoms with Gasteiger partial charge in [0.05, 0.1) is 22.4 Å². The van der Waals surface area contributed by atoms with Crippen molar-refractivity contribution < 1.29 is 33.8 Å². The molecule has 0 saturated carbocycles. The van der Waals surface area contributed by atoms with E-state index in [0.29, 0.717) is 44.8 Å². The highest BCUT2D eigenvalue weighted by Gasteiger charge is 2.46. The molecule has 0 radical (unpaired) electrons. The average Bonchev–Trinajstić information content (AvgIpc) is 3.82. The van der Waals surface area contributed by atoms with E-state index in [4.69, 9.17) is 9.47 Å². The van der Waals surface area contributed by atoms with Crippen molar-refractivity contribution in [1.29, 1.82) is 0 Å².